The van der Waals surface area contributed by atoms with Crippen molar-refractivity contribution in [1.82, 2.24) is 35.7 Å². The van der Waals surface area contributed by atoms with Crippen LogP contribution in [0.1, 0.15) is 36.2 Å². The van der Waals surface area contributed by atoms with Crippen molar-refractivity contribution in [3.63, 3.8) is 0 Å². The summed E-state index contributed by atoms with van der Waals surface area (Å²) in [5.41, 5.74) is 2.08. The minimum Gasteiger partial charge on any atom is -0.382 e. The Hall–Kier alpha value is -2.85. The van der Waals surface area contributed by atoms with Crippen molar-refractivity contribution in [2.45, 2.75) is 37.8 Å². The average Bonchev–Trinajstić information content (AvgIpc) is 3.40. The van der Waals surface area contributed by atoms with Gasteiger partial charge in [-0.3, -0.25) is 4.79 Å². The molecule has 1 aliphatic rings. The van der Waals surface area contributed by atoms with Crippen molar-refractivity contribution in [2.24, 2.45) is 0 Å². The van der Waals surface area contributed by atoms with Gasteiger partial charge in [0.15, 0.2) is 11.5 Å². The second kappa shape index (κ2) is 8.44. The Morgan fingerprint density at radius 1 is 1.25 bits per heavy atom. The van der Waals surface area contributed by atoms with E-state index >= 15 is 0 Å². The van der Waals surface area contributed by atoms with E-state index in [2.05, 4.69) is 35.7 Å². The molecule has 0 saturated heterocycles. The number of hydrogen-bond donors (Lipinski definition) is 3. The molecule has 0 bridgehead atoms. The Morgan fingerprint density at radius 3 is 2.86 bits per heavy atom. The van der Waals surface area contributed by atoms with E-state index in [9.17, 15) is 4.79 Å². The van der Waals surface area contributed by atoms with Crippen LogP contribution in [0.4, 0.5) is 0 Å². The van der Waals surface area contributed by atoms with E-state index in [1.54, 1.807) is 19.4 Å². The zero-order valence-corrected chi connectivity index (χ0v) is 15.6. The molecule has 3 aromatic heterocycles. The van der Waals surface area contributed by atoms with Gasteiger partial charge in [0.2, 0.25) is 0 Å². The first-order valence-corrected chi connectivity index (χ1v) is 9.37. The lowest BCUT2D eigenvalue weighted by Gasteiger charge is -2.29. The van der Waals surface area contributed by atoms with Crippen molar-refractivity contribution in [3.8, 4) is 11.5 Å². The molecule has 0 spiro atoms. The molecule has 0 aromatic carbocycles. The van der Waals surface area contributed by atoms with Gasteiger partial charge in [-0.25, -0.2) is 9.97 Å². The number of aromatic amines is 2. The van der Waals surface area contributed by atoms with E-state index in [1.165, 1.54) is 6.20 Å². The fourth-order valence-corrected chi connectivity index (χ4v) is 3.46. The van der Waals surface area contributed by atoms with Crippen LogP contribution in [0, 0.1) is 0 Å². The molecule has 28 heavy (non-hydrogen) atoms. The highest BCUT2D eigenvalue weighted by Crippen LogP contribution is 2.23. The van der Waals surface area contributed by atoms with Gasteiger partial charge in [-0.15, -0.1) is 0 Å². The van der Waals surface area contributed by atoms with Crippen LogP contribution in [0.5, 0.6) is 0 Å². The number of carbonyl (C=O) groups is 1. The second-order valence-electron chi connectivity index (χ2n) is 6.80. The maximum absolute atomic E-state index is 12.9. The quantitative estimate of drug-likeness (QED) is 0.525. The van der Waals surface area contributed by atoms with Crippen LogP contribution in [0.2, 0.25) is 0 Å². The maximum atomic E-state index is 12.9. The van der Waals surface area contributed by atoms with E-state index in [0.29, 0.717) is 41.5 Å². The second-order valence-corrected chi connectivity index (χ2v) is 6.80. The lowest BCUT2D eigenvalue weighted by Crippen LogP contribution is -2.39. The smallest absolute Gasteiger partial charge is 0.272 e. The van der Waals surface area contributed by atoms with Crippen LogP contribution in [0.25, 0.3) is 22.6 Å². The van der Waals surface area contributed by atoms with Crippen molar-refractivity contribution in [1.29, 1.82) is 0 Å². The average molecular weight is 385 g/mol. The molecule has 3 heterocycles. The molecule has 3 N–H and O–H groups in total. The molecule has 3 aromatic rings. The SMILES string of the molecule is COCCO[C@H]1CC[C@H](NC(=O)c2nc(-c3cn[nH]n3)nc3cc[nH]c23)CC1. The number of nitrogens with zero attached hydrogens (tertiary/aromatic N) is 4. The molecule has 0 aliphatic heterocycles. The first kappa shape index (κ1) is 18.5. The van der Waals surface area contributed by atoms with Crippen LogP contribution in [-0.2, 0) is 9.47 Å². The summed E-state index contributed by atoms with van der Waals surface area (Å²) < 4.78 is 10.8. The standard InChI is InChI=1S/C18H23N7O3/c1-27-8-9-28-12-4-2-11(3-5-12)21-18(26)16-15-13(6-7-19-15)22-17(23-16)14-10-20-25-24-14/h6-7,10-12,19H,2-5,8-9H2,1H3,(H,21,26)(H,20,24,25)/t11-,12-. The zero-order valence-electron chi connectivity index (χ0n) is 15.6. The minimum absolute atomic E-state index is 0.102. The summed E-state index contributed by atoms with van der Waals surface area (Å²) in [5.74, 6) is 0.143. The van der Waals surface area contributed by atoms with Crippen molar-refractivity contribution >= 4 is 16.9 Å². The zero-order chi connectivity index (χ0) is 19.3. The van der Waals surface area contributed by atoms with Crippen LogP contribution >= 0.6 is 0 Å². The van der Waals surface area contributed by atoms with Gasteiger partial charge in [0, 0.05) is 19.3 Å². The summed E-state index contributed by atoms with van der Waals surface area (Å²) in [6, 6.07) is 1.91. The number of amides is 1. The summed E-state index contributed by atoms with van der Waals surface area (Å²) in [7, 11) is 1.66. The van der Waals surface area contributed by atoms with Gasteiger partial charge in [0.05, 0.1) is 36.5 Å². The molecule has 0 unspecified atom stereocenters. The number of methoxy groups -OCH3 is 1. The summed E-state index contributed by atoms with van der Waals surface area (Å²) in [5, 5.41) is 13.4. The molecule has 1 aliphatic carbocycles. The van der Waals surface area contributed by atoms with Crippen molar-refractivity contribution in [3.05, 3.63) is 24.2 Å². The predicted octanol–water partition coefficient (Wildman–Crippen LogP) is 1.45. The number of H-pyrrole nitrogens is 2. The third-order valence-electron chi connectivity index (χ3n) is 4.92. The summed E-state index contributed by atoms with van der Waals surface area (Å²) in [6.07, 6.45) is 7.08. The highest BCUT2D eigenvalue weighted by molar-refractivity contribution is 6.03. The van der Waals surface area contributed by atoms with Crippen molar-refractivity contribution < 1.29 is 14.3 Å². The van der Waals surface area contributed by atoms with E-state index in [0.717, 1.165) is 25.7 Å². The fourth-order valence-electron chi connectivity index (χ4n) is 3.46. The molecule has 0 atom stereocenters. The number of fused-ring (bicyclic) bond motifs is 1. The van der Waals surface area contributed by atoms with E-state index < -0.39 is 0 Å². The van der Waals surface area contributed by atoms with Gasteiger partial charge in [-0.05, 0) is 31.7 Å². The molecule has 10 nitrogen and oxygen atoms in total. The molecule has 10 heteroatoms. The monoisotopic (exact) mass is 385 g/mol. The third kappa shape index (κ3) is 4.02. The molecule has 1 fully saturated rings. The van der Waals surface area contributed by atoms with Gasteiger partial charge in [0.25, 0.3) is 5.91 Å². The van der Waals surface area contributed by atoms with Gasteiger partial charge in [-0.1, -0.05) is 0 Å². The van der Waals surface area contributed by atoms with E-state index in [-0.39, 0.29) is 18.1 Å². The van der Waals surface area contributed by atoms with Crippen molar-refractivity contribution in [2.75, 3.05) is 20.3 Å². The first-order chi connectivity index (χ1) is 13.7. The normalized spacial score (nSPS) is 19.8. The lowest BCUT2D eigenvalue weighted by atomic mass is 9.93. The molecular weight excluding hydrogens is 362 g/mol. The Labute approximate surface area is 161 Å². The lowest BCUT2D eigenvalue weighted by molar-refractivity contribution is -0.00409. The molecule has 0 radical (unpaired) electrons. The van der Waals surface area contributed by atoms with E-state index in [1.807, 2.05) is 0 Å². The summed E-state index contributed by atoms with van der Waals surface area (Å²) >= 11 is 0. The van der Waals surface area contributed by atoms with Crippen LogP contribution in [0.15, 0.2) is 18.5 Å². The molecular formula is C18H23N7O3. The van der Waals surface area contributed by atoms with Crippen LogP contribution < -0.4 is 5.32 Å². The van der Waals surface area contributed by atoms with Gasteiger partial charge in [-0.2, -0.15) is 15.4 Å². The number of hydrogen-bond acceptors (Lipinski definition) is 7. The van der Waals surface area contributed by atoms with Gasteiger partial charge in [0.1, 0.15) is 5.69 Å². The molecule has 4 rings (SSSR count). The topological polar surface area (TPSA) is 131 Å². The van der Waals surface area contributed by atoms with E-state index in [4.69, 9.17) is 9.47 Å². The third-order valence-corrected chi connectivity index (χ3v) is 4.92. The minimum atomic E-state index is -0.219. The molecule has 1 saturated carbocycles. The molecule has 148 valence electrons. The number of aromatic nitrogens is 6. The van der Waals surface area contributed by atoms with Crippen LogP contribution in [-0.4, -0.2) is 68.7 Å². The highest BCUT2D eigenvalue weighted by Gasteiger charge is 2.25. The summed E-state index contributed by atoms with van der Waals surface area (Å²) in [6.45, 7) is 1.21. The Bertz CT molecular complexity index is 917. The Balaban J connectivity index is 1.44. The largest absolute Gasteiger partial charge is 0.382 e. The van der Waals surface area contributed by atoms with Crippen LogP contribution in [0.3, 0.4) is 0 Å². The number of nitrogens with one attached hydrogen (secondary N) is 3. The fraction of sp³-hybridized carbons (Fsp3) is 0.500. The Kier molecular flexibility index (Phi) is 5.58. The highest BCUT2D eigenvalue weighted by atomic mass is 16.5. The number of ether oxygens (including phenoxy) is 2. The number of rotatable bonds is 7. The predicted molar refractivity (Wildman–Crippen MR) is 101 cm³/mol. The van der Waals surface area contributed by atoms with Gasteiger partial charge >= 0.3 is 0 Å². The number of carbonyl (C=O) groups excluding carboxylic acids is 1. The van der Waals surface area contributed by atoms with Gasteiger partial charge < -0.3 is 19.8 Å². The molecule has 1 amide bonds. The Morgan fingerprint density at radius 2 is 2.11 bits per heavy atom. The maximum Gasteiger partial charge on any atom is 0.272 e. The first-order valence-electron chi connectivity index (χ1n) is 9.37. The summed E-state index contributed by atoms with van der Waals surface area (Å²) in [4.78, 5) is 24.9.